The van der Waals surface area contributed by atoms with Crippen molar-refractivity contribution in [2.45, 2.75) is 56.2 Å². The zero-order chi connectivity index (χ0) is 14.3. The molecular weight excluding hydrogens is 262 g/mol. The first kappa shape index (κ1) is 13.1. The minimum Gasteiger partial charge on any atom is -0.393 e. The number of amides is 1. The van der Waals surface area contributed by atoms with E-state index in [4.69, 9.17) is 4.74 Å². The lowest BCUT2D eigenvalue weighted by molar-refractivity contribution is 0.0249. The molecule has 3 rings (SSSR count). The Labute approximate surface area is 116 Å². The Morgan fingerprint density at radius 1 is 1.05 bits per heavy atom. The lowest BCUT2D eigenvalue weighted by atomic mass is 9.91. The van der Waals surface area contributed by atoms with Crippen molar-refractivity contribution >= 4 is 6.09 Å². The van der Waals surface area contributed by atoms with E-state index in [0.717, 1.165) is 25.7 Å². The first-order valence-corrected chi connectivity index (χ1v) is 6.86. The Morgan fingerprint density at radius 3 is 2.20 bits per heavy atom. The van der Waals surface area contributed by atoms with Crippen LogP contribution in [0.15, 0.2) is 30.7 Å². The molecule has 9 heteroatoms. The number of hydrogen-bond acceptors (Lipinski definition) is 8. The van der Waals surface area contributed by atoms with Gasteiger partial charge in [-0.15, -0.1) is 20.5 Å². The molecule has 9 nitrogen and oxygen atoms in total. The third-order valence-corrected chi connectivity index (χ3v) is 3.75. The number of nitrogens with one attached hydrogen (secondary N) is 1. The standard InChI is InChI=1S/C11H17N7O2/c1-3-4-5-6-7-9(13-14-9)10(15-16-10)11(17-18-11)20-8(19)12-2/h3-7H2,1-2H3,(H,12,19). The predicted molar refractivity (Wildman–Crippen MR) is 67.1 cm³/mol. The van der Waals surface area contributed by atoms with Crippen molar-refractivity contribution in [3.63, 3.8) is 0 Å². The quantitative estimate of drug-likeness (QED) is 0.688. The van der Waals surface area contributed by atoms with Gasteiger partial charge in [0.05, 0.1) is 0 Å². The molecule has 0 unspecified atom stereocenters. The molecule has 0 spiro atoms. The van der Waals surface area contributed by atoms with Crippen molar-refractivity contribution in [3.05, 3.63) is 0 Å². The molecule has 3 heterocycles. The Bertz CT molecular complexity index is 495. The van der Waals surface area contributed by atoms with Crippen LogP contribution < -0.4 is 5.32 Å². The minimum atomic E-state index is -1.36. The van der Waals surface area contributed by atoms with Crippen molar-refractivity contribution < 1.29 is 9.53 Å². The smallest absolute Gasteiger partial charge is 0.393 e. The van der Waals surface area contributed by atoms with Gasteiger partial charge in [0.15, 0.2) is 0 Å². The van der Waals surface area contributed by atoms with Crippen molar-refractivity contribution in [3.8, 4) is 0 Å². The number of ether oxygens (including phenoxy) is 1. The van der Waals surface area contributed by atoms with E-state index in [1.54, 1.807) is 0 Å². The van der Waals surface area contributed by atoms with Crippen LogP contribution in [0.4, 0.5) is 4.79 Å². The van der Waals surface area contributed by atoms with Gasteiger partial charge < -0.3 is 10.1 Å². The Hall–Kier alpha value is -1.93. The van der Waals surface area contributed by atoms with E-state index in [0.29, 0.717) is 0 Å². The normalized spacial score (nSPS) is 24.3. The van der Waals surface area contributed by atoms with E-state index in [-0.39, 0.29) is 0 Å². The summed E-state index contributed by atoms with van der Waals surface area (Å²) in [5.74, 6) is -1.36. The summed E-state index contributed by atoms with van der Waals surface area (Å²) in [5.41, 5.74) is -1.79. The van der Waals surface area contributed by atoms with Crippen molar-refractivity contribution in [1.29, 1.82) is 0 Å². The number of nitrogens with zero attached hydrogens (tertiary/aromatic N) is 6. The fraction of sp³-hybridized carbons (Fsp3) is 0.909. The third kappa shape index (κ3) is 1.80. The highest BCUT2D eigenvalue weighted by Gasteiger charge is 2.84. The molecule has 1 amide bonds. The molecule has 1 N–H and O–H groups in total. The Balaban J connectivity index is 1.62. The summed E-state index contributed by atoms with van der Waals surface area (Å²) >= 11 is 0. The predicted octanol–water partition coefficient (Wildman–Crippen LogP) is 2.76. The number of rotatable bonds is 8. The van der Waals surface area contributed by atoms with Gasteiger partial charge in [-0.3, -0.25) is 0 Å². The van der Waals surface area contributed by atoms with Gasteiger partial charge in [0.1, 0.15) is 0 Å². The van der Waals surface area contributed by atoms with Crippen LogP contribution in [0.25, 0.3) is 0 Å². The molecule has 0 bridgehead atoms. The summed E-state index contributed by atoms with van der Waals surface area (Å²) in [7, 11) is 1.47. The van der Waals surface area contributed by atoms with E-state index in [1.807, 2.05) is 0 Å². The molecule has 0 saturated heterocycles. The number of alkyl carbamates (subject to hydrolysis) is 1. The molecule has 108 valence electrons. The average Bonchev–Trinajstić information content (AvgIpc) is 3.26. The minimum absolute atomic E-state index is 0.617. The van der Waals surface area contributed by atoms with E-state index < -0.39 is 23.3 Å². The van der Waals surface area contributed by atoms with E-state index in [2.05, 4.69) is 42.9 Å². The maximum Gasteiger partial charge on any atom is 0.410 e. The fourth-order valence-corrected chi connectivity index (χ4v) is 2.35. The van der Waals surface area contributed by atoms with Gasteiger partial charge >= 0.3 is 17.6 Å². The number of hydrogen-bond donors (Lipinski definition) is 1. The summed E-state index contributed by atoms with van der Waals surface area (Å²) in [6.07, 6.45) is 4.53. The van der Waals surface area contributed by atoms with Crippen molar-refractivity contribution in [2.75, 3.05) is 7.05 Å². The summed E-state index contributed by atoms with van der Waals surface area (Å²) in [4.78, 5) is 11.4. The monoisotopic (exact) mass is 279 g/mol. The molecule has 0 radical (unpaired) electrons. The zero-order valence-electron chi connectivity index (χ0n) is 11.5. The van der Waals surface area contributed by atoms with Gasteiger partial charge in [-0.25, -0.2) is 4.79 Å². The molecular formula is C11H17N7O2. The summed E-state index contributed by atoms with van der Waals surface area (Å²) in [6.45, 7) is 2.16. The highest BCUT2D eigenvalue weighted by Crippen LogP contribution is 2.63. The van der Waals surface area contributed by atoms with E-state index >= 15 is 0 Å². The lowest BCUT2D eigenvalue weighted by Crippen LogP contribution is -2.50. The van der Waals surface area contributed by atoms with Gasteiger partial charge in [-0.2, -0.15) is 10.2 Å². The molecule has 3 aliphatic rings. The van der Waals surface area contributed by atoms with Crippen LogP contribution in [0.5, 0.6) is 0 Å². The zero-order valence-corrected chi connectivity index (χ0v) is 11.5. The van der Waals surface area contributed by atoms with Crippen LogP contribution in [-0.2, 0) is 4.74 Å². The summed E-state index contributed by atoms with van der Waals surface area (Å²) in [6, 6.07) is 0. The third-order valence-electron chi connectivity index (χ3n) is 3.75. The van der Waals surface area contributed by atoms with E-state index in [9.17, 15) is 4.79 Å². The number of unbranched alkanes of at least 4 members (excludes halogenated alkanes) is 3. The molecule has 0 aromatic rings. The second-order valence-corrected chi connectivity index (χ2v) is 5.15. The van der Waals surface area contributed by atoms with E-state index in [1.165, 1.54) is 13.5 Å². The lowest BCUT2D eigenvalue weighted by Gasteiger charge is -2.22. The second kappa shape index (κ2) is 4.29. The topological polar surface area (TPSA) is 112 Å². The van der Waals surface area contributed by atoms with Crippen LogP contribution in [0, 0.1) is 0 Å². The van der Waals surface area contributed by atoms with Crippen LogP contribution in [0.2, 0.25) is 0 Å². The van der Waals surface area contributed by atoms with Crippen LogP contribution in [0.1, 0.15) is 39.0 Å². The maximum atomic E-state index is 11.4. The molecule has 0 saturated carbocycles. The largest absolute Gasteiger partial charge is 0.410 e. The van der Waals surface area contributed by atoms with Crippen molar-refractivity contribution in [1.82, 2.24) is 5.32 Å². The molecule has 0 aromatic carbocycles. The number of carbonyl (C=O) groups excluding carboxylic acids is 1. The molecule has 0 aromatic heterocycles. The first-order valence-electron chi connectivity index (χ1n) is 6.86. The number of carbonyl (C=O) groups is 1. The first-order chi connectivity index (χ1) is 9.64. The van der Waals surface area contributed by atoms with Crippen LogP contribution in [-0.4, -0.2) is 30.3 Å². The fourth-order valence-electron chi connectivity index (χ4n) is 2.35. The SMILES string of the molecule is CCCCCCC1(C2(C3(OC(=O)NC)N=N3)N=N2)N=N1. The van der Waals surface area contributed by atoms with Gasteiger partial charge in [0.25, 0.3) is 0 Å². The molecule has 0 aliphatic carbocycles. The van der Waals surface area contributed by atoms with Crippen LogP contribution in [0.3, 0.4) is 0 Å². The van der Waals surface area contributed by atoms with Gasteiger partial charge in [-0.1, -0.05) is 26.2 Å². The molecule has 0 fully saturated rings. The summed E-state index contributed by atoms with van der Waals surface area (Å²) < 4.78 is 5.19. The second-order valence-electron chi connectivity index (χ2n) is 5.15. The van der Waals surface area contributed by atoms with Gasteiger partial charge in [0, 0.05) is 13.5 Å². The van der Waals surface area contributed by atoms with Gasteiger partial charge in [0.2, 0.25) is 5.66 Å². The highest BCUT2D eigenvalue weighted by atomic mass is 16.6. The maximum absolute atomic E-state index is 11.4. The summed E-state index contributed by atoms with van der Waals surface area (Å²) in [5, 5.41) is 26.3. The Kier molecular flexibility index (Phi) is 2.80. The molecule has 20 heavy (non-hydrogen) atoms. The van der Waals surface area contributed by atoms with Crippen LogP contribution >= 0.6 is 0 Å². The highest BCUT2D eigenvalue weighted by molar-refractivity contribution is 5.68. The van der Waals surface area contributed by atoms with Gasteiger partial charge in [-0.05, 0) is 6.42 Å². The Morgan fingerprint density at radius 2 is 1.75 bits per heavy atom. The molecule has 0 atom stereocenters. The van der Waals surface area contributed by atoms with Crippen molar-refractivity contribution in [2.24, 2.45) is 30.7 Å². The molecule has 3 aliphatic heterocycles. The average molecular weight is 279 g/mol.